The van der Waals surface area contributed by atoms with E-state index in [2.05, 4.69) is 67.8 Å². The van der Waals surface area contributed by atoms with E-state index in [9.17, 15) is 0 Å². The predicted octanol–water partition coefficient (Wildman–Crippen LogP) is 2.72. The van der Waals surface area contributed by atoms with Gasteiger partial charge in [0.15, 0.2) is 5.65 Å². The van der Waals surface area contributed by atoms with Gasteiger partial charge in [-0.05, 0) is 31.5 Å². The lowest BCUT2D eigenvalue weighted by atomic mass is 10.2. The molecule has 0 saturated carbocycles. The highest BCUT2D eigenvalue weighted by molar-refractivity contribution is 5.88. The Hall–Kier alpha value is -2.86. The van der Waals surface area contributed by atoms with Crippen LogP contribution in [0.2, 0.25) is 0 Å². The van der Waals surface area contributed by atoms with Gasteiger partial charge in [0.1, 0.15) is 5.82 Å². The van der Waals surface area contributed by atoms with Crippen molar-refractivity contribution in [3.05, 3.63) is 59.5 Å². The van der Waals surface area contributed by atoms with Crippen LogP contribution in [-0.4, -0.2) is 32.3 Å². The molecular weight excluding hydrogens is 312 g/mol. The number of nitrogens with zero attached hydrogens (tertiary/aromatic N) is 4. The molecule has 0 saturated heterocycles. The summed E-state index contributed by atoms with van der Waals surface area (Å²) < 4.78 is 4.44. The van der Waals surface area contributed by atoms with Crippen LogP contribution in [0, 0.1) is 13.8 Å². The van der Waals surface area contributed by atoms with Crippen LogP contribution in [0.3, 0.4) is 0 Å². The number of hydrogen-bond acceptors (Lipinski definition) is 4. The molecule has 1 aromatic carbocycles. The molecule has 3 N–H and O–H groups in total. The second-order valence-electron chi connectivity index (χ2n) is 6.31. The van der Waals surface area contributed by atoms with E-state index in [-0.39, 0.29) is 0 Å². The van der Waals surface area contributed by atoms with Gasteiger partial charge in [0, 0.05) is 25.3 Å². The first-order valence-electron chi connectivity index (χ1n) is 8.51. The number of pyridine rings is 1. The molecule has 4 rings (SSSR count). The average molecular weight is 334 g/mol. The minimum Gasteiger partial charge on any atom is -0.381 e. The fourth-order valence-corrected chi connectivity index (χ4v) is 3.35. The van der Waals surface area contributed by atoms with Gasteiger partial charge < -0.3 is 15.6 Å². The Labute approximate surface area is 146 Å². The van der Waals surface area contributed by atoms with E-state index in [1.54, 1.807) is 0 Å². The average Bonchev–Trinajstić information content (AvgIpc) is 3.15. The molecule has 3 heterocycles. The van der Waals surface area contributed by atoms with E-state index in [0.717, 1.165) is 34.7 Å². The van der Waals surface area contributed by atoms with Crippen molar-refractivity contribution in [3.63, 3.8) is 0 Å². The molecule has 0 bridgehead atoms. The maximum Gasteiger partial charge on any atom is 0.184 e. The molecule has 0 fully saturated rings. The van der Waals surface area contributed by atoms with Crippen molar-refractivity contribution >= 4 is 22.4 Å². The van der Waals surface area contributed by atoms with Gasteiger partial charge in [-0.1, -0.05) is 30.3 Å². The summed E-state index contributed by atoms with van der Waals surface area (Å²) in [5.74, 6) is 0.883. The fourth-order valence-electron chi connectivity index (χ4n) is 3.35. The number of anilines is 1. The van der Waals surface area contributed by atoms with Crippen LogP contribution in [0.5, 0.6) is 0 Å². The molecular formula is C19H22N6. The number of rotatable bonds is 5. The minimum absolute atomic E-state index is 0.571. The SMILES string of the molecule is Cc1cc2c(cc(NCCN)c3nnc(C)n32)n1Cc1ccccc1. The van der Waals surface area contributed by atoms with Gasteiger partial charge in [-0.25, -0.2) is 0 Å². The molecule has 0 unspecified atom stereocenters. The van der Waals surface area contributed by atoms with E-state index < -0.39 is 0 Å². The summed E-state index contributed by atoms with van der Waals surface area (Å²) in [6, 6.07) is 14.9. The van der Waals surface area contributed by atoms with Gasteiger partial charge in [-0.3, -0.25) is 4.40 Å². The number of nitrogens with one attached hydrogen (secondary N) is 1. The minimum atomic E-state index is 0.571. The summed E-state index contributed by atoms with van der Waals surface area (Å²) in [6.45, 7) is 6.23. The Morgan fingerprint density at radius 1 is 1.04 bits per heavy atom. The Kier molecular flexibility index (Phi) is 3.89. The summed E-state index contributed by atoms with van der Waals surface area (Å²) >= 11 is 0. The highest BCUT2D eigenvalue weighted by Crippen LogP contribution is 2.28. The van der Waals surface area contributed by atoms with Gasteiger partial charge in [0.2, 0.25) is 0 Å². The first-order chi connectivity index (χ1) is 12.2. The van der Waals surface area contributed by atoms with Crippen molar-refractivity contribution in [1.29, 1.82) is 0 Å². The molecule has 0 radical (unpaired) electrons. The molecule has 25 heavy (non-hydrogen) atoms. The lowest BCUT2D eigenvalue weighted by molar-refractivity contribution is 0.804. The number of aryl methyl sites for hydroxylation is 2. The van der Waals surface area contributed by atoms with E-state index in [1.807, 2.05) is 13.0 Å². The highest BCUT2D eigenvalue weighted by Gasteiger charge is 2.16. The van der Waals surface area contributed by atoms with Crippen LogP contribution in [0.25, 0.3) is 16.7 Å². The number of aromatic nitrogens is 4. The zero-order valence-corrected chi connectivity index (χ0v) is 14.5. The third-order valence-electron chi connectivity index (χ3n) is 4.56. The van der Waals surface area contributed by atoms with Crippen LogP contribution in [0.15, 0.2) is 42.5 Å². The zero-order valence-electron chi connectivity index (χ0n) is 14.5. The molecule has 0 aliphatic carbocycles. The van der Waals surface area contributed by atoms with Crippen molar-refractivity contribution in [1.82, 2.24) is 19.2 Å². The van der Waals surface area contributed by atoms with Gasteiger partial charge in [-0.2, -0.15) is 0 Å². The molecule has 6 nitrogen and oxygen atoms in total. The van der Waals surface area contributed by atoms with Crippen LogP contribution in [0.4, 0.5) is 5.69 Å². The van der Waals surface area contributed by atoms with Crippen molar-refractivity contribution in [2.24, 2.45) is 5.73 Å². The topological polar surface area (TPSA) is 73.2 Å². The molecule has 3 aromatic heterocycles. The normalized spacial score (nSPS) is 11.5. The van der Waals surface area contributed by atoms with Crippen LogP contribution >= 0.6 is 0 Å². The predicted molar refractivity (Wildman–Crippen MR) is 101 cm³/mol. The van der Waals surface area contributed by atoms with Gasteiger partial charge in [0.05, 0.1) is 16.7 Å². The van der Waals surface area contributed by atoms with Crippen molar-refractivity contribution in [2.45, 2.75) is 20.4 Å². The van der Waals surface area contributed by atoms with E-state index in [0.29, 0.717) is 13.1 Å². The van der Waals surface area contributed by atoms with E-state index >= 15 is 0 Å². The Bertz CT molecular complexity index is 1030. The van der Waals surface area contributed by atoms with Crippen LogP contribution in [-0.2, 0) is 6.54 Å². The largest absolute Gasteiger partial charge is 0.381 e. The van der Waals surface area contributed by atoms with Gasteiger partial charge in [0.25, 0.3) is 0 Å². The standard InChI is InChI=1S/C19H22N6/c1-13-10-18-17(24(13)12-15-6-4-3-5-7-15)11-16(21-9-8-20)19-23-22-14(2)25(18)19/h3-7,10-11,21H,8-9,12,20H2,1-2H3. The number of fused-ring (bicyclic) bond motifs is 3. The number of nitrogens with two attached hydrogens (primary N) is 1. The Morgan fingerprint density at radius 3 is 2.60 bits per heavy atom. The molecule has 0 aliphatic heterocycles. The maximum absolute atomic E-state index is 5.66. The molecule has 0 spiro atoms. The Balaban J connectivity index is 1.93. The lowest BCUT2D eigenvalue weighted by Crippen LogP contribution is -2.14. The summed E-state index contributed by atoms with van der Waals surface area (Å²) in [6.07, 6.45) is 0. The van der Waals surface area contributed by atoms with Crippen molar-refractivity contribution in [3.8, 4) is 0 Å². The first-order valence-corrected chi connectivity index (χ1v) is 8.51. The molecule has 0 aliphatic rings. The highest BCUT2D eigenvalue weighted by atomic mass is 15.3. The molecule has 0 amide bonds. The van der Waals surface area contributed by atoms with Crippen molar-refractivity contribution < 1.29 is 0 Å². The summed E-state index contributed by atoms with van der Waals surface area (Å²) in [4.78, 5) is 0. The van der Waals surface area contributed by atoms with E-state index in [1.165, 1.54) is 11.3 Å². The molecule has 4 aromatic rings. The van der Waals surface area contributed by atoms with Gasteiger partial charge >= 0.3 is 0 Å². The summed E-state index contributed by atoms with van der Waals surface area (Å²) in [5.41, 5.74) is 12.3. The maximum atomic E-state index is 5.66. The number of hydrogen-bond donors (Lipinski definition) is 2. The first kappa shape index (κ1) is 15.7. The summed E-state index contributed by atoms with van der Waals surface area (Å²) in [5, 5.41) is 12.0. The van der Waals surface area contributed by atoms with Crippen LogP contribution in [0.1, 0.15) is 17.1 Å². The zero-order chi connectivity index (χ0) is 17.4. The second-order valence-corrected chi connectivity index (χ2v) is 6.31. The monoisotopic (exact) mass is 334 g/mol. The third kappa shape index (κ3) is 2.64. The quantitative estimate of drug-likeness (QED) is 0.588. The van der Waals surface area contributed by atoms with E-state index in [4.69, 9.17) is 5.73 Å². The Morgan fingerprint density at radius 2 is 1.84 bits per heavy atom. The summed E-state index contributed by atoms with van der Waals surface area (Å²) in [7, 11) is 0. The molecule has 6 heteroatoms. The molecule has 0 atom stereocenters. The number of benzene rings is 1. The third-order valence-corrected chi connectivity index (χ3v) is 4.56. The smallest absolute Gasteiger partial charge is 0.184 e. The lowest BCUT2D eigenvalue weighted by Gasteiger charge is -2.12. The van der Waals surface area contributed by atoms with Gasteiger partial charge in [-0.15, -0.1) is 10.2 Å². The second kappa shape index (κ2) is 6.22. The van der Waals surface area contributed by atoms with Crippen LogP contribution < -0.4 is 11.1 Å². The van der Waals surface area contributed by atoms with Crippen molar-refractivity contribution in [2.75, 3.05) is 18.4 Å². The molecule has 128 valence electrons. The fraction of sp³-hybridized carbons (Fsp3) is 0.263.